The number of nitrogens with zero attached hydrogens (tertiary/aromatic N) is 2. The van der Waals surface area contributed by atoms with E-state index < -0.39 is 0 Å². The Morgan fingerprint density at radius 3 is 2.85 bits per heavy atom. The van der Waals surface area contributed by atoms with Crippen LogP contribution in [0.1, 0.15) is 30.1 Å². The lowest BCUT2D eigenvalue weighted by atomic mass is 10.3. The smallest absolute Gasteiger partial charge is 0.339 e. The molecule has 0 bridgehead atoms. The second-order valence-electron chi connectivity index (χ2n) is 5.07. The van der Waals surface area contributed by atoms with Gasteiger partial charge in [0.2, 0.25) is 0 Å². The van der Waals surface area contributed by atoms with Crippen LogP contribution in [0.3, 0.4) is 0 Å². The molecule has 5 heteroatoms. The van der Waals surface area contributed by atoms with Crippen molar-refractivity contribution in [3.05, 3.63) is 23.9 Å². The fraction of sp³-hybridized carbons (Fsp3) is 0.600. The maximum atomic E-state index is 11.5. The first-order chi connectivity index (χ1) is 9.70. The van der Waals surface area contributed by atoms with Gasteiger partial charge in [-0.1, -0.05) is 0 Å². The molecule has 1 fully saturated rings. The van der Waals surface area contributed by atoms with Crippen LogP contribution in [-0.4, -0.2) is 44.4 Å². The summed E-state index contributed by atoms with van der Waals surface area (Å²) >= 11 is 0. The van der Waals surface area contributed by atoms with Crippen LogP contribution in [0, 0.1) is 5.92 Å². The predicted molar refractivity (Wildman–Crippen MR) is 77.0 cm³/mol. The van der Waals surface area contributed by atoms with Crippen LogP contribution in [-0.2, 0) is 9.47 Å². The van der Waals surface area contributed by atoms with Gasteiger partial charge < -0.3 is 14.4 Å². The number of likely N-dealkylation sites (N-methyl/N-ethyl adjacent to an activating group) is 1. The molecule has 0 atom stereocenters. The minimum atomic E-state index is -0.332. The molecule has 110 valence electrons. The van der Waals surface area contributed by atoms with Crippen LogP contribution >= 0.6 is 0 Å². The number of hydrogen-bond donors (Lipinski definition) is 0. The Morgan fingerprint density at radius 1 is 1.45 bits per heavy atom. The van der Waals surface area contributed by atoms with E-state index in [2.05, 4.69) is 4.98 Å². The van der Waals surface area contributed by atoms with Gasteiger partial charge in [0.05, 0.1) is 18.8 Å². The number of rotatable bonds is 8. The molecule has 0 aromatic carbocycles. The standard InChI is InChI=1S/C15H22N2O3/c1-3-20-15(18)13-6-7-14(16-10-13)17(2)8-9-19-11-12-4-5-12/h6-7,10,12H,3-5,8-9,11H2,1-2H3. The highest BCUT2D eigenvalue weighted by molar-refractivity contribution is 5.89. The second kappa shape index (κ2) is 7.24. The number of esters is 1. The summed E-state index contributed by atoms with van der Waals surface area (Å²) in [6.45, 7) is 4.53. The SMILES string of the molecule is CCOC(=O)c1ccc(N(C)CCOCC2CC2)nc1. The largest absolute Gasteiger partial charge is 0.462 e. The van der Waals surface area contributed by atoms with E-state index in [1.54, 1.807) is 19.2 Å². The molecule has 0 aliphatic heterocycles. The summed E-state index contributed by atoms with van der Waals surface area (Å²) in [6.07, 6.45) is 4.17. The van der Waals surface area contributed by atoms with Gasteiger partial charge in [0, 0.05) is 26.4 Å². The molecular weight excluding hydrogens is 256 g/mol. The molecule has 0 saturated heterocycles. The molecular formula is C15H22N2O3. The van der Waals surface area contributed by atoms with Crippen LogP contribution in [0.4, 0.5) is 5.82 Å². The van der Waals surface area contributed by atoms with Crippen LogP contribution in [0.25, 0.3) is 0 Å². The lowest BCUT2D eigenvalue weighted by molar-refractivity contribution is 0.0526. The molecule has 1 aromatic rings. The number of carbonyl (C=O) groups excluding carboxylic acids is 1. The molecule has 20 heavy (non-hydrogen) atoms. The molecule has 1 heterocycles. The summed E-state index contributed by atoms with van der Waals surface area (Å²) in [4.78, 5) is 17.8. The molecule has 0 spiro atoms. The van der Waals surface area contributed by atoms with Crippen molar-refractivity contribution < 1.29 is 14.3 Å². The second-order valence-corrected chi connectivity index (χ2v) is 5.07. The minimum absolute atomic E-state index is 0.332. The summed E-state index contributed by atoms with van der Waals surface area (Å²) in [5.41, 5.74) is 0.481. The molecule has 2 rings (SSSR count). The van der Waals surface area contributed by atoms with Gasteiger partial charge in [-0.3, -0.25) is 0 Å². The van der Waals surface area contributed by atoms with Gasteiger partial charge in [0.15, 0.2) is 0 Å². The Labute approximate surface area is 119 Å². The summed E-state index contributed by atoms with van der Waals surface area (Å²) in [5, 5.41) is 0. The number of anilines is 1. The van der Waals surface area contributed by atoms with Crippen molar-refractivity contribution in [2.45, 2.75) is 19.8 Å². The number of ether oxygens (including phenoxy) is 2. The highest BCUT2D eigenvalue weighted by Gasteiger charge is 2.21. The van der Waals surface area contributed by atoms with Gasteiger partial charge in [-0.15, -0.1) is 0 Å². The first kappa shape index (κ1) is 14.8. The van der Waals surface area contributed by atoms with Crippen molar-refractivity contribution >= 4 is 11.8 Å². The first-order valence-corrected chi connectivity index (χ1v) is 7.12. The van der Waals surface area contributed by atoms with Crippen LogP contribution in [0.5, 0.6) is 0 Å². The van der Waals surface area contributed by atoms with E-state index in [1.807, 2.05) is 18.0 Å². The molecule has 1 aliphatic carbocycles. The third-order valence-electron chi connectivity index (χ3n) is 3.27. The minimum Gasteiger partial charge on any atom is -0.462 e. The van der Waals surface area contributed by atoms with Gasteiger partial charge >= 0.3 is 5.97 Å². The summed E-state index contributed by atoms with van der Waals surface area (Å²) in [7, 11) is 1.97. The van der Waals surface area contributed by atoms with E-state index in [0.29, 0.717) is 18.8 Å². The zero-order chi connectivity index (χ0) is 14.4. The van der Waals surface area contributed by atoms with Crippen molar-refractivity contribution in [3.8, 4) is 0 Å². The normalized spacial score (nSPS) is 14.1. The molecule has 1 aliphatic rings. The average molecular weight is 278 g/mol. The molecule has 0 radical (unpaired) electrons. The van der Waals surface area contributed by atoms with Crippen LogP contribution in [0.2, 0.25) is 0 Å². The highest BCUT2D eigenvalue weighted by atomic mass is 16.5. The Hall–Kier alpha value is -1.62. The summed E-state index contributed by atoms with van der Waals surface area (Å²) < 4.78 is 10.5. The van der Waals surface area contributed by atoms with Gasteiger partial charge in [0.25, 0.3) is 0 Å². The Kier molecular flexibility index (Phi) is 5.35. The van der Waals surface area contributed by atoms with E-state index in [-0.39, 0.29) is 5.97 Å². The van der Waals surface area contributed by atoms with Crippen LogP contribution < -0.4 is 4.90 Å². The molecule has 0 unspecified atom stereocenters. The van der Waals surface area contributed by atoms with E-state index in [0.717, 1.165) is 24.9 Å². The fourth-order valence-electron chi connectivity index (χ4n) is 1.80. The third-order valence-corrected chi connectivity index (χ3v) is 3.27. The molecule has 0 N–H and O–H groups in total. The predicted octanol–water partition coefficient (Wildman–Crippen LogP) is 2.12. The number of aromatic nitrogens is 1. The molecule has 1 aromatic heterocycles. The summed E-state index contributed by atoms with van der Waals surface area (Å²) in [6, 6.07) is 3.56. The van der Waals surface area contributed by atoms with Crippen molar-refractivity contribution in [2.75, 3.05) is 38.3 Å². The van der Waals surface area contributed by atoms with E-state index in [4.69, 9.17) is 9.47 Å². The van der Waals surface area contributed by atoms with Gasteiger partial charge in [0.1, 0.15) is 5.82 Å². The third kappa shape index (κ3) is 4.49. The van der Waals surface area contributed by atoms with Crippen molar-refractivity contribution in [1.29, 1.82) is 0 Å². The summed E-state index contributed by atoms with van der Waals surface area (Å²) in [5.74, 6) is 1.29. The van der Waals surface area contributed by atoms with Crippen molar-refractivity contribution in [3.63, 3.8) is 0 Å². The van der Waals surface area contributed by atoms with Crippen molar-refractivity contribution in [2.24, 2.45) is 5.92 Å². The highest BCUT2D eigenvalue weighted by Crippen LogP contribution is 2.28. The van der Waals surface area contributed by atoms with E-state index >= 15 is 0 Å². The average Bonchev–Trinajstić information content (AvgIpc) is 3.28. The van der Waals surface area contributed by atoms with Gasteiger partial charge in [-0.05, 0) is 37.8 Å². The quantitative estimate of drug-likeness (QED) is 0.538. The number of pyridine rings is 1. The van der Waals surface area contributed by atoms with Gasteiger partial charge in [-0.25, -0.2) is 9.78 Å². The lowest BCUT2D eigenvalue weighted by Crippen LogP contribution is -2.24. The molecule has 5 nitrogen and oxygen atoms in total. The first-order valence-electron chi connectivity index (χ1n) is 7.12. The lowest BCUT2D eigenvalue weighted by Gasteiger charge is -2.18. The Balaban J connectivity index is 1.76. The molecule has 1 saturated carbocycles. The van der Waals surface area contributed by atoms with Crippen LogP contribution in [0.15, 0.2) is 18.3 Å². The zero-order valence-corrected chi connectivity index (χ0v) is 12.2. The maximum absolute atomic E-state index is 11.5. The van der Waals surface area contributed by atoms with Crippen molar-refractivity contribution in [1.82, 2.24) is 4.98 Å². The van der Waals surface area contributed by atoms with Gasteiger partial charge in [-0.2, -0.15) is 0 Å². The maximum Gasteiger partial charge on any atom is 0.339 e. The number of carbonyl (C=O) groups is 1. The number of hydrogen-bond acceptors (Lipinski definition) is 5. The topological polar surface area (TPSA) is 51.7 Å². The Morgan fingerprint density at radius 2 is 2.25 bits per heavy atom. The Bertz CT molecular complexity index is 429. The zero-order valence-electron chi connectivity index (χ0n) is 12.2. The monoisotopic (exact) mass is 278 g/mol. The fourth-order valence-corrected chi connectivity index (χ4v) is 1.80. The van der Waals surface area contributed by atoms with E-state index in [1.165, 1.54) is 12.8 Å². The van der Waals surface area contributed by atoms with E-state index in [9.17, 15) is 4.79 Å². The molecule has 0 amide bonds.